The molecular formula is C19H18N2O3. The second-order valence-corrected chi connectivity index (χ2v) is 6.17. The van der Waals surface area contributed by atoms with Gasteiger partial charge in [0.25, 0.3) is 0 Å². The summed E-state index contributed by atoms with van der Waals surface area (Å²) in [6.45, 7) is 4.07. The fourth-order valence-electron chi connectivity index (χ4n) is 3.50. The van der Waals surface area contributed by atoms with E-state index in [1.807, 2.05) is 13.8 Å². The van der Waals surface area contributed by atoms with Crippen molar-refractivity contribution in [1.29, 1.82) is 0 Å². The molecule has 0 bridgehead atoms. The zero-order valence-electron chi connectivity index (χ0n) is 13.5. The van der Waals surface area contributed by atoms with Crippen LogP contribution in [0.4, 0.5) is 0 Å². The van der Waals surface area contributed by atoms with E-state index < -0.39 is 5.66 Å². The van der Waals surface area contributed by atoms with Crippen molar-refractivity contribution in [1.82, 2.24) is 0 Å². The molecule has 1 aliphatic rings. The molecule has 5 heteroatoms. The van der Waals surface area contributed by atoms with Gasteiger partial charge in [-0.2, -0.15) is 0 Å². The topological polar surface area (TPSA) is 85.4 Å². The second-order valence-electron chi connectivity index (χ2n) is 6.17. The van der Waals surface area contributed by atoms with Crippen molar-refractivity contribution in [2.24, 2.45) is 9.98 Å². The van der Waals surface area contributed by atoms with Crippen molar-refractivity contribution >= 4 is 21.5 Å². The van der Waals surface area contributed by atoms with Gasteiger partial charge in [0.2, 0.25) is 0 Å². The highest BCUT2D eigenvalue weighted by molar-refractivity contribution is 6.12. The number of nitrogens with zero attached hydrogens (tertiary/aromatic N) is 2. The Morgan fingerprint density at radius 1 is 0.833 bits per heavy atom. The Morgan fingerprint density at radius 3 is 2.21 bits per heavy atom. The maximum absolute atomic E-state index is 10.8. The van der Waals surface area contributed by atoms with E-state index in [1.165, 1.54) is 6.07 Å². The van der Waals surface area contributed by atoms with Crippen LogP contribution < -0.4 is 10.7 Å². The smallest absolute Gasteiger partial charge is 0.151 e. The number of hydrogen-bond donors (Lipinski definition) is 3. The molecule has 0 saturated carbocycles. The quantitative estimate of drug-likeness (QED) is 0.501. The minimum atomic E-state index is -0.507. The van der Waals surface area contributed by atoms with Gasteiger partial charge in [0.05, 0.1) is 21.5 Å². The molecule has 4 rings (SSSR count). The van der Waals surface area contributed by atoms with Crippen molar-refractivity contribution in [3.05, 3.63) is 41.0 Å². The van der Waals surface area contributed by atoms with Crippen LogP contribution in [0, 0.1) is 0 Å². The first-order chi connectivity index (χ1) is 11.5. The van der Waals surface area contributed by atoms with Crippen LogP contribution in [0.15, 0.2) is 40.3 Å². The maximum Gasteiger partial charge on any atom is 0.151 e. The normalized spacial score (nSPS) is 15.2. The van der Waals surface area contributed by atoms with Gasteiger partial charge in [0.1, 0.15) is 17.2 Å². The minimum Gasteiger partial charge on any atom is -0.507 e. The first-order valence-electron chi connectivity index (χ1n) is 8.09. The average Bonchev–Trinajstić information content (AvgIpc) is 2.98. The molecule has 1 heterocycles. The van der Waals surface area contributed by atoms with Gasteiger partial charge in [-0.05, 0) is 31.0 Å². The molecule has 1 aliphatic heterocycles. The molecule has 3 aromatic carbocycles. The Bertz CT molecular complexity index is 1120. The highest BCUT2D eigenvalue weighted by atomic mass is 16.3. The lowest BCUT2D eigenvalue weighted by atomic mass is 9.99. The summed E-state index contributed by atoms with van der Waals surface area (Å²) in [7, 11) is 0. The van der Waals surface area contributed by atoms with Gasteiger partial charge in [-0.15, -0.1) is 0 Å². The molecule has 3 N–H and O–H groups in total. The van der Waals surface area contributed by atoms with Crippen LogP contribution in [0.1, 0.15) is 26.7 Å². The summed E-state index contributed by atoms with van der Waals surface area (Å²) >= 11 is 0. The molecule has 0 aliphatic carbocycles. The highest BCUT2D eigenvalue weighted by Gasteiger charge is 2.28. The Kier molecular flexibility index (Phi) is 2.97. The van der Waals surface area contributed by atoms with Crippen molar-refractivity contribution in [3.63, 3.8) is 0 Å². The predicted octanol–water partition coefficient (Wildman–Crippen LogP) is 2.88. The van der Waals surface area contributed by atoms with E-state index in [1.54, 1.807) is 24.3 Å². The number of phenolic OH excluding ortho intramolecular Hbond substituents is 3. The second kappa shape index (κ2) is 4.84. The fourth-order valence-corrected chi connectivity index (χ4v) is 3.50. The zero-order valence-corrected chi connectivity index (χ0v) is 13.5. The number of fused-ring (bicyclic) bond motifs is 4. The largest absolute Gasteiger partial charge is 0.507 e. The molecular weight excluding hydrogens is 304 g/mol. The summed E-state index contributed by atoms with van der Waals surface area (Å²) in [5.41, 5.74) is -0.507. The Morgan fingerprint density at radius 2 is 1.50 bits per heavy atom. The van der Waals surface area contributed by atoms with E-state index in [2.05, 4.69) is 0 Å². The Balaban J connectivity index is 2.26. The van der Waals surface area contributed by atoms with Gasteiger partial charge in [0, 0.05) is 10.8 Å². The lowest BCUT2D eigenvalue weighted by Crippen LogP contribution is -2.22. The van der Waals surface area contributed by atoms with Gasteiger partial charge in [-0.1, -0.05) is 26.0 Å². The summed E-state index contributed by atoms with van der Waals surface area (Å²) < 4.78 is 0. The van der Waals surface area contributed by atoms with Gasteiger partial charge in [-0.25, -0.2) is 0 Å². The summed E-state index contributed by atoms with van der Waals surface area (Å²) in [4.78, 5) is 9.51. The van der Waals surface area contributed by atoms with Crippen molar-refractivity contribution in [2.75, 3.05) is 0 Å². The van der Waals surface area contributed by atoms with E-state index in [0.717, 1.165) is 18.2 Å². The van der Waals surface area contributed by atoms with Crippen LogP contribution in [0.3, 0.4) is 0 Å². The number of hydrogen-bond acceptors (Lipinski definition) is 5. The molecule has 24 heavy (non-hydrogen) atoms. The van der Waals surface area contributed by atoms with Gasteiger partial charge < -0.3 is 15.3 Å². The van der Waals surface area contributed by atoms with Crippen molar-refractivity contribution < 1.29 is 15.3 Å². The Labute approximate surface area is 138 Å². The molecule has 0 fully saturated rings. The van der Waals surface area contributed by atoms with Crippen LogP contribution in [-0.2, 0) is 0 Å². The molecule has 3 aromatic rings. The zero-order chi connectivity index (χ0) is 17.1. The van der Waals surface area contributed by atoms with E-state index in [4.69, 9.17) is 9.98 Å². The van der Waals surface area contributed by atoms with Crippen LogP contribution in [-0.4, -0.2) is 21.0 Å². The summed E-state index contributed by atoms with van der Waals surface area (Å²) in [6.07, 6.45) is 1.53. The third kappa shape index (κ3) is 1.75. The van der Waals surface area contributed by atoms with Crippen LogP contribution in [0.2, 0.25) is 0 Å². The molecule has 0 aromatic heterocycles. The van der Waals surface area contributed by atoms with Gasteiger partial charge in [-0.3, -0.25) is 9.98 Å². The molecule has 0 spiro atoms. The molecule has 0 amide bonds. The SMILES string of the molecule is CCC1(CC)N=c2ccc3c(O)c4c(O)cccc4c(O)c3c2=N1. The van der Waals surface area contributed by atoms with E-state index in [9.17, 15) is 15.3 Å². The van der Waals surface area contributed by atoms with Crippen LogP contribution >= 0.6 is 0 Å². The number of rotatable bonds is 2. The third-order valence-electron chi connectivity index (χ3n) is 4.96. The lowest BCUT2D eigenvalue weighted by molar-refractivity contribution is 0.416. The molecule has 5 nitrogen and oxygen atoms in total. The van der Waals surface area contributed by atoms with Gasteiger partial charge >= 0.3 is 0 Å². The fraction of sp³-hybridized carbons (Fsp3) is 0.263. The molecule has 0 saturated heterocycles. The van der Waals surface area contributed by atoms with E-state index >= 15 is 0 Å². The Hall–Kier alpha value is -2.82. The average molecular weight is 322 g/mol. The molecule has 0 radical (unpaired) electrons. The number of benzene rings is 3. The summed E-state index contributed by atoms with van der Waals surface area (Å²) in [5, 5.41) is 34.5. The van der Waals surface area contributed by atoms with Gasteiger partial charge in [0.15, 0.2) is 5.66 Å². The summed E-state index contributed by atoms with van der Waals surface area (Å²) in [6, 6.07) is 8.31. The number of aromatic hydroxyl groups is 3. The van der Waals surface area contributed by atoms with E-state index in [0.29, 0.717) is 21.5 Å². The monoisotopic (exact) mass is 322 g/mol. The summed E-state index contributed by atoms with van der Waals surface area (Å²) in [5.74, 6) is -0.118. The van der Waals surface area contributed by atoms with Crippen LogP contribution in [0.5, 0.6) is 17.2 Å². The minimum absolute atomic E-state index is 0.00695. The molecule has 0 atom stereocenters. The number of phenols is 3. The standard InChI is InChI=1S/C19H18N2O3/c1-3-19(4-2)20-12-9-8-11-15(16(12)21-19)18(24)10-6-5-7-13(22)14(10)17(11)23/h5-9,22-24H,3-4H2,1-2H3. The van der Waals surface area contributed by atoms with E-state index in [-0.39, 0.29) is 22.6 Å². The van der Waals surface area contributed by atoms with Crippen molar-refractivity contribution in [2.45, 2.75) is 32.4 Å². The molecule has 0 unspecified atom stereocenters. The first-order valence-corrected chi connectivity index (χ1v) is 8.09. The maximum atomic E-state index is 10.8. The first kappa shape index (κ1) is 14.8. The lowest BCUT2D eigenvalue weighted by Gasteiger charge is -2.18. The highest BCUT2D eigenvalue weighted by Crippen LogP contribution is 2.43. The van der Waals surface area contributed by atoms with Crippen LogP contribution in [0.25, 0.3) is 21.5 Å². The predicted molar refractivity (Wildman–Crippen MR) is 92.1 cm³/mol. The van der Waals surface area contributed by atoms with Crippen molar-refractivity contribution in [3.8, 4) is 17.2 Å². The third-order valence-corrected chi connectivity index (χ3v) is 4.96. The molecule has 122 valence electrons.